The molecule has 0 spiro atoms. The number of thiophene rings is 1. The Morgan fingerprint density at radius 3 is 2.95 bits per heavy atom. The lowest BCUT2D eigenvalue weighted by molar-refractivity contribution is 0.575. The molecule has 0 amide bonds. The molecule has 0 saturated carbocycles. The number of halogens is 2. The van der Waals surface area contributed by atoms with Gasteiger partial charge in [0.05, 0.1) is 27.7 Å². The maximum Gasteiger partial charge on any atom is 0.182 e. The topological polar surface area (TPSA) is 31.2 Å². The number of fused-ring (bicyclic) bond motifs is 3. The molecule has 2 aliphatic heterocycles. The van der Waals surface area contributed by atoms with Gasteiger partial charge in [0.1, 0.15) is 17.4 Å². The van der Waals surface area contributed by atoms with E-state index in [-0.39, 0.29) is 0 Å². The van der Waals surface area contributed by atoms with E-state index >= 15 is 0 Å². The van der Waals surface area contributed by atoms with Crippen molar-refractivity contribution >= 4 is 55.6 Å². The highest BCUT2D eigenvalue weighted by atomic mass is 79.9. The van der Waals surface area contributed by atoms with Crippen molar-refractivity contribution in [1.29, 1.82) is 0 Å². The Kier molecular flexibility index (Phi) is 3.24. The molecular weight excluding hydrogens is 372 g/mol. The van der Waals surface area contributed by atoms with Gasteiger partial charge in [0, 0.05) is 11.1 Å². The summed E-state index contributed by atoms with van der Waals surface area (Å²) in [6, 6.07) is 9.87. The van der Waals surface area contributed by atoms with E-state index in [1.165, 1.54) is 10.6 Å². The van der Waals surface area contributed by atoms with Crippen LogP contribution in [-0.2, 0) is 6.54 Å². The first-order valence-corrected chi connectivity index (χ1v) is 8.36. The van der Waals surface area contributed by atoms with Gasteiger partial charge < -0.3 is 0 Å². The number of anilines is 1. The number of benzene rings is 1. The van der Waals surface area contributed by atoms with Crippen LogP contribution in [0.2, 0.25) is 5.02 Å². The standard InChI is InChI=1S/C14H10BrClN4S/c15-20-8-19-13(18-20)12(10-3-1-2-4-11(10)16)17-7-9-5-6-21-14(9)19/h1-6H,7-8H2. The van der Waals surface area contributed by atoms with Crippen LogP contribution in [0.5, 0.6) is 0 Å². The second-order valence-corrected chi connectivity index (χ2v) is 6.85. The van der Waals surface area contributed by atoms with Crippen molar-refractivity contribution in [2.45, 2.75) is 6.54 Å². The van der Waals surface area contributed by atoms with Crippen LogP contribution in [0.3, 0.4) is 0 Å². The second-order valence-electron chi connectivity index (χ2n) is 4.73. The molecule has 0 radical (unpaired) electrons. The van der Waals surface area contributed by atoms with Crippen molar-refractivity contribution in [1.82, 2.24) is 4.03 Å². The first-order chi connectivity index (χ1) is 10.2. The number of rotatable bonds is 1. The number of aliphatic imine (C=N–C) groups is 1. The number of amidine groups is 1. The van der Waals surface area contributed by atoms with Gasteiger partial charge in [0.15, 0.2) is 5.84 Å². The van der Waals surface area contributed by atoms with Gasteiger partial charge in [-0.1, -0.05) is 29.8 Å². The Morgan fingerprint density at radius 2 is 2.10 bits per heavy atom. The molecule has 0 N–H and O–H groups in total. The average molecular weight is 382 g/mol. The van der Waals surface area contributed by atoms with Crippen LogP contribution in [0.25, 0.3) is 0 Å². The maximum absolute atomic E-state index is 6.35. The molecule has 1 aromatic heterocycles. The molecule has 3 heterocycles. The minimum absolute atomic E-state index is 0.650. The van der Waals surface area contributed by atoms with Gasteiger partial charge in [-0.3, -0.25) is 9.89 Å². The van der Waals surface area contributed by atoms with E-state index in [2.05, 4.69) is 37.6 Å². The van der Waals surface area contributed by atoms with E-state index in [4.69, 9.17) is 16.6 Å². The Hall–Kier alpha value is -1.37. The molecule has 1 aromatic carbocycles. The van der Waals surface area contributed by atoms with Crippen molar-refractivity contribution in [3.05, 3.63) is 51.9 Å². The first kappa shape index (κ1) is 13.3. The van der Waals surface area contributed by atoms with E-state index in [0.717, 1.165) is 17.1 Å². The second kappa shape index (κ2) is 5.12. The highest BCUT2D eigenvalue weighted by Gasteiger charge is 2.32. The van der Waals surface area contributed by atoms with Crippen molar-refractivity contribution in [3.8, 4) is 0 Å². The lowest BCUT2D eigenvalue weighted by atomic mass is 10.1. The molecule has 2 aromatic rings. The Balaban J connectivity index is 1.89. The van der Waals surface area contributed by atoms with E-state index in [0.29, 0.717) is 18.2 Å². The quantitative estimate of drug-likeness (QED) is 0.696. The average Bonchev–Trinajstić information content (AvgIpc) is 3.05. The third-order valence-electron chi connectivity index (χ3n) is 3.43. The van der Waals surface area contributed by atoms with Crippen LogP contribution in [0.15, 0.2) is 45.8 Å². The highest BCUT2D eigenvalue weighted by molar-refractivity contribution is 9.07. The molecule has 4 nitrogen and oxygen atoms in total. The maximum atomic E-state index is 6.35. The predicted molar refractivity (Wildman–Crippen MR) is 91.6 cm³/mol. The third kappa shape index (κ3) is 2.18. The van der Waals surface area contributed by atoms with E-state index < -0.39 is 0 Å². The molecule has 2 aliphatic rings. The summed E-state index contributed by atoms with van der Waals surface area (Å²) in [5.74, 6) is 0.834. The number of nitrogens with zero attached hydrogens (tertiary/aromatic N) is 4. The van der Waals surface area contributed by atoms with E-state index in [1.54, 1.807) is 15.4 Å². The zero-order chi connectivity index (χ0) is 14.4. The Bertz CT molecular complexity index is 770. The normalized spacial score (nSPS) is 17.0. The SMILES string of the molecule is Clc1ccccc1C1=NCc2ccsc2N2CN(Br)N=C12. The van der Waals surface area contributed by atoms with Crippen LogP contribution >= 0.6 is 39.1 Å². The zero-order valence-corrected chi connectivity index (χ0v) is 14.0. The summed E-state index contributed by atoms with van der Waals surface area (Å²) < 4.78 is 1.74. The lowest BCUT2D eigenvalue weighted by Crippen LogP contribution is -2.33. The highest BCUT2D eigenvalue weighted by Crippen LogP contribution is 2.35. The van der Waals surface area contributed by atoms with Crippen molar-refractivity contribution < 1.29 is 0 Å². The summed E-state index contributed by atoms with van der Waals surface area (Å²) in [6.07, 6.45) is 0. The fourth-order valence-corrected chi connectivity index (χ4v) is 4.00. The molecule has 0 atom stereocenters. The van der Waals surface area contributed by atoms with Gasteiger partial charge in [0.25, 0.3) is 0 Å². The largest absolute Gasteiger partial charge is 0.293 e. The number of hydrogen-bond donors (Lipinski definition) is 0. The fourth-order valence-electron chi connectivity index (χ4n) is 2.49. The molecule has 0 bridgehead atoms. The van der Waals surface area contributed by atoms with Crippen LogP contribution in [-0.4, -0.2) is 22.3 Å². The lowest BCUT2D eigenvalue weighted by Gasteiger charge is -2.18. The fraction of sp³-hybridized carbons (Fsp3) is 0.143. The Labute approximate surface area is 139 Å². The van der Waals surface area contributed by atoms with E-state index in [9.17, 15) is 0 Å². The first-order valence-electron chi connectivity index (χ1n) is 6.39. The number of hydrazone groups is 1. The smallest absolute Gasteiger partial charge is 0.182 e. The Morgan fingerprint density at radius 1 is 1.24 bits per heavy atom. The van der Waals surface area contributed by atoms with Crippen LogP contribution < -0.4 is 4.90 Å². The molecule has 106 valence electrons. The summed E-state index contributed by atoms with van der Waals surface area (Å²) in [5, 5.41) is 8.54. The van der Waals surface area contributed by atoms with Crippen LogP contribution in [0.1, 0.15) is 11.1 Å². The van der Waals surface area contributed by atoms with Crippen molar-refractivity contribution in [2.24, 2.45) is 10.1 Å². The minimum atomic E-state index is 0.650. The van der Waals surface area contributed by atoms with Crippen LogP contribution in [0, 0.1) is 0 Å². The minimum Gasteiger partial charge on any atom is -0.293 e. The van der Waals surface area contributed by atoms with Gasteiger partial charge >= 0.3 is 0 Å². The summed E-state index contributed by atoms with van der Waals surface area (Å²) >= 11 is 11.5. The van der Waals surface area contributed by atoms with E-state index in [1.807, 2.05) is 24.3 Å². The molecule has 7 heteroatoms. The van der Waals surface area contributed by atoms with Gasteiger partial charge in [0.2, 0.25) is 0 Å². The zero-order valence-electron chi connectivity index (χ0n) is 10.8. The molecular formula is C14H10BrClN4S. The molecule has 0 fully saturated rings. The van der Waals surface area contributed by atoms with Gasteiger partial charge in [-0.2, -0.15) is 0 Å². The van der Waals surface area contributed by atoms with Crippen molar-refractivity contribution in [2.75, 3.05) is 11.6 Å². The molecule has 21 heavy (non-hydrogen) atoms. The molecule has 4 rings (SSSR count). The number of hydrogen-bond acceptors (Lipinski definition) is 5. The third-order valence-corrected chi connectivity index (χ3v) is 5.12. The molecule has 0 unspecified atom stereocenters. The van der Waals surface area contributed by atoms with Gasteiger partial charge in [-0.05, 0) is 17.5 Å². The van der Waals surface area contributed by atoms with Gasteiger partial charge in [-0.25, -0.2) is 4.03 Å². The van der Waals surface area contributed by atoms with Gasteiger partial charge in [-0.15, -0.1) is 16.4 Å². The van der Waals surface area contributed by atoms with Crippen molar-refractivity contribution in [3.63, 3.8) is 0 Å². The summed E-state index contributed by atoms with van der Waals surface area (Å²) in [7, 11) is 0. The predicted octanol–water partition coefficient (Wildman–Crippen LogP) is 4.11. The van der Waals surface area contributed by atoms with Crippen LogP contribution in [0.4, 0.5) is 5.00 Å². The summed E-state index contributed by atoms with van der Waals surface area (Å²) in [4.78, 5) is 6.93. The molecule has 0 saturated heterocycles. The summed E-state index contributed by atoms with van der Waals surface area (Å²) in [6.45, 7) is 1.31. The summed E-state index contributed by atoms with van der Waals surface area (Å²) in [5.41, 5.74) is 2.98. The monoisotopic (exact) mass is 380 g/mol. The molecule has 0 aliphatic carbocycles.